The Kier molecular flexibility index (Phi) is 10.2. The second kappa shape index (κ2) is 11.9. The van der Waals surface area contributed by atoms with Gasteiger partial charge in [-0.2, -0.15) is 0 Å². The monoisotopic (exact) mass is 383 g/mol. The van der Waals surface area contributed by atoms with Crippen LogP contribution in [0.15, 0.2) is 47.5 Å². The molecule has 3 heteroatoms. The molecule has 2 unspecified atom stereocenters. The molecule has 3 rings (SSSR count). The molecule has 156 valence electrons. The summed E-state index contributed by atoms with van der Waals surface area (Å²) in [4.78, 5) is 6.54. The summed E-state index contributed by atoms with van der Waals surface area (Å²) in [6.07, 6.45) is 11.1. The first kappa shape index (κ1) is 24.2. The van der Waals surface area contributed by atoms with Gasteiger partial charge >= 0.3 is 0 Å². The van der Waals surface area contributed by atoms with Gasteiger partial charge < -0.3 is 10.6 Å². The van der Waals surface area contributed by atoms with Gasteiger partial charge in [-0.05, 0) is 64.7 Å². The van der Waals surface area contributed by atoms with Gasteiger partial charge in [0.05, 0.1) is 0 Å². The van der Waals surface area contributed by atoms with Gasteiger partial charge in [-0.15, -0.1) is 0 Å². The van der Waals surface area contributed by atoms with Crippen LogP contribution in [0.4, 0.5) is 5.69 Å². The lowest BCUT2D eigenvalue weighted by atomic mass is 9.76. The molecule has 0 bridgehead atoms. The average molecular weight is 384 g/mol. The molecule has 0 saturated heterocycles. The molecule has 1 aromatic carbocycles. The maximum absolute atomic E-state index is 5.96. The van der Waals surface area contributed by atoms with E-state index in [9.17, 15) is 0 Å². The number of rotatable bonds is 4. The van der Waals surface area contributed by atoms with Crippen molar-refractivity contribution in [2.24, 2.45) is 10.7 Å². The maximum Gasteiger partial charge on any atom is 0.0409 e. The van der Waals surface area contributed by atoms with Crippen LogP contribution in [0.3, 0.4) is 0 Å². The minimum absolute atomic E-state index is 0.175. The maximum atomic E-state index is 5.96. The summed E-state index contributed by atoms with van der Waals surface area (Å²) >= 11 is 0. The SMILES string of the molecule is CC.CCN1CC2(C=CC=CC2)c2cc(CC(C)N)ccc21.CCN=C(C)C. The molecule has 2 atom stereocenters. The van der Waals surface area contributed by atoms with Crippen LogP contribution in [0.5, 0.6) is 0 Å². The Morgan fingerprint density at radius 3 is 2.39 bits per heavy atom. The Balaban J connectivity index is 0.000000422. The number of nitrogens with two attached hydrogens (primary N) is 1. The molecule has 0 saturated carbocycles. The number of aliphatic imine (C=N–C) groups is 1. The second-order valence-corrected chi connectivity index (χ2v) is 7.62. The van der Waals surface area contributed by atoms with Crippen molar-refractivity contribution >= 4 is 11.4 Å². The number of anilines is 1. The van der Waals surface area contributed by atoms with Crippen molar-refractivity contribution in [2.45, 2.75) is 72.8 Å². The Bertz CT molecular complexity index is 681. The van der Waals surface area contributed by atoms with Crippen molar-refractivity contribution in [2.75, 3.05) is 24.5 Å². The van der Waals surface area contributed by atoms with Gasteiger partial charge in [-0.3, -0.25) is 4.99 Å². The molecule has 2 aliphatic rings. The summed E-state index contributed by atoms with van der Waals surface area (Å²) in [6.45, 7) is 17.4. The van der Waals surface area contributed by atoms with Crippen LogP contribution in [-0.4, -0.2) is 31.4 Å². The van der Waals surface area contributed by atoms with E-state index in [-0.39, 0.29) is 11.5 Å². The van der Waals surface area contributed by atoms with E-state index in [0.29, 0.717) is 0 Å². The van der Waals surface area contributed by atoms with Crippen molar-refractivity contribution in [1.82, 2.24) is 0 Å². The van der Waals surface area contributed by atoms with Crippen molar-refractivity contribution in [1.29, 1.82) is 0 Å². The zero-order valence-corrected chi connectivity index (χ0v) is 19.1. The number of likely N-dealkylation sites (N-methyl/N-ethyl adjacent to an activating group) is 1. The lowest BCUT2D eigenvalue weighted by Crippen LogP contribution is -2.32. The molecule has 1 heterocycles. The van der Waals surface area contributed by atoms with Crippen LogP contribution in [0.25, 0.3) is 0 Å². The normalized spacial score (nSPS) is 19.9. The molecule has 0 aromatic heterocycles. The Hall–Kier alpha value is -1.87. The Morgan fingerprint density at radius 1 is 1.21 bits per heavy atom. The third-order valence-corrected chi connectivity index (χ3v) is 4.97. The zero-order valence-electron chi connectivity index (χ0n) is 19.1. The van der Waals surface area contributed by atoms with Gasteiger partial charge in [0, 0.05) is 42.5 Å². The number of benzene rings is 1. The first-order chi connectivity index (χ1) is 13.4. The van der Waals surface area contributed by atoms with Gasteiger partial charge in [0.25, 0.3) is 0 Å². The molecule has 1 aliphatic heterocycles. The minimum atomic E-state index is 0.175. The van der Waals surface area contributed by atoms with Crippen molar-refractivity contribution in [3.63, 3.8) is 0 Å². The van der Waals surface area contributed by atoms with E-state index in [1.807, 2.05) is 34.6 Å². The lowest BCUT2D eigenvalue weighted by Gasteiger charge is -2.28. The summed E-state index contributed by atoms with van der Waals surface area (Å²) in [5.74, 6) is 0. The summed E-state index contributed by atoms with van der Waals surface area (Å²) in [5, 5.41) is 0. The zero-order chi connectivity index (χ0) is 21.2. The third kappa shape index (κ3) is 6.34. The first-order valence-electron chi connectivity index (χ1n) is 10.9. The van der Waals surface area contributed by atoms with E-state index in [4.69, 9.17) is 5.73 Å². The fourth-order valence-electron chi connectivity index (χ4n) is 3.85. The molecule has 1 aromatic rings. The van der Waals surface area contributed by atoms with Crippen LogP contribution >= 0.6 is 0 Å². The summed E-state index contributed by atoms with van der Waals surface area (Å²) in [6, 6.07) is 7.14. The predicted molar refractivity (Wildman–Crippen MR) is 127 cm³/mol. The molecule has 2 N–H and O–H groups in total. The fourth-order valence-corrected chi connectivity index (χ4v) is 3.85. The van der Waals surface area contributed by atoms with E-state index in [0.717, 1.165) is 38.2 Å². The van der Waals surface area contributed by atoms with Gasteiger partial charge in [-0.1, -0.05) is 50.3 Å². The summed E-state index contributed by atoms with van der Waals surface area (Å²) in [5.41, 5.74) is 11.5. The van der Waals surface area contributed by atoms with Crippen LogP contribution in [0, 0.1) is 0 Å². The first-order valence-corrected chi connectivity index (χ1v) is 10.9. The van der Waals surface area contributed by atoms with Crippen LogP contribution in [0.2, 0.25) is 0 Å². The van der Waals surface area contributed by atoms with E-state index < -0.39 is 0 Å². The number of nitrogens with zero attached hydrogens (tertiary/aromatic N) is 2. The molecule has 0 amide bonds. The number of allylic oxidation sites excluding steroid dienone is 3. The predicted octanol–water partition coefficient (Wildman–Crippen LogP) is 5.68. The van der Waals surface area contributed by atoms with Gasteiger partial charge in [0.1, 0.15) is 0 Å². The third-order valence-electron chi connectivity index (χ3n) is 4.97. The minimum Gasteiger partial charge on any atom is -0.370 e. The average Bonchev–Trinajstić information content (AvgIpc) is 2.97. The molecular weight excluding hydrogens is 342 g/mol. The van der Waals surface area contributed by atoms with Crippen molar-refractivity contribution < 1.29 is 0 Å². The summed E-state index contributed by atoms with van der Waals surface area (Å²) in [7, 11) is 0. The highest BCUT2D eigenvalue weighted by Gasteiger charge is 2.40. The van der Waals surface area contributed by atoms with E-state index in [1.165, 1.54) is 16.8 Å². The fraction of sp³-hybridized carbons (Fsp3) is 0.560. The number of fused-ring (bicyclic) bond motifs is 2. The molecular formula is C25H41N3. The highest BCUT2D eigenvalue weighted by molar-refractivity contribution is 5.78. The topological polar surface area (TPSA) is 41.6 Å². The molecule has 3 nitrogen and oxygen atoms in total. The van der Waals surface area contributed by atoms with E-state index >= 15 is 0 Å². The largest absolute Gasteiger partial charge is 0.370 e. The lowest BCUT2D eigenvalue weighted by molar-refractivity contribution is 0.564. The molecule has 1 spiro atoms. The van der Waals surface area contributed by atoms with Crippen molar-refractivity contribution in [3.05, 3.63) is 53.6 Å². The molecule has 0 fully saturated rings. The highest BCUT2D eigenvalue weighted by atomic mass is 15.2. The van der Waals surface area contributed by atoms with E-state index in [1.54, 1.807) is 0 Å². The van der Waals surface area contributed by atoms with Crippen LogP contribution in [0.1, 0.15) is 66.0 Å². The number of hydrogen-bond donors (Lipinski definition) is 1. The number of hydrogen-bond acceptors (Lipinski definition) is 3. The Labute approximate surface area is 173 Å². The molecule has 28 heavy (non-hydrogen) atoms. The van der Waals surface area contributed by atoms with E-state index in [2.05, 4.69) is 66.2 Å². The molecule has 1 aliphatic carbocycles. The highest BCUT2D eigenvalue weighted by Crippen LogP contribution is 2.45. The van der Waals surface area contributed by atoms with Gasteiger partial charge in [0.15, 0.2) is 0 Å². The summed E-state index contributed by atoms with van der Waals surface area (Å²) < 4.78 is 0. The standard InChI is InChI=1S/C18H24N2.C5H11N.C2H6/c1-3-20-13-18(9-5-4-6-10-18)16-12-15(11-14(2)19)7-8-17(16)20;1-4-6-5(2)3;1-2/h4-9,12,14H,3,10-11,13,19H2,1-2H3;4H2,1-3H3;1-2H3. The molecule has 0 radical (unpaired) electrons. The quantitative estimate of drug-likeness (QED) is 0.679. The smallest absolute Gasteiger partial charge is 0.0409 e. The van der Waals surface area contributed by atoms with Gasteiger partial charge in [-0.25, -0.2) is 0 Å². The van der Waals surface area contributed by atoms with Crippen molar-refractivity contribution in [3.8, 4) is 0 Å². The Morgan fingerprint density at radius 2 is 1.93 bits per heavy atom. The van der Waals surface area contributed by atoms with Gasteiger partial charge in [0.2, 0.25) is 0 Å². The van der Waals surface area contributed by atoms with Crippen LogP contribution in [-0.2, 0) is 11.8 Å². The van der Waals surface area contributed by atoms with Crippen LogP contribution < -0.4 is 10.6 Å². The second-order valence-electron chi connectivity index (χ2n) is 7.62.